The van der Waals surface area contributed by atoms with Gasteiger partial charge in [-0.3, -0.25) is 4.79 Å². The molecular formula is C14H18O2. The molecule has 0 saturated heterocycles. The van der Waals surface area contributed by atoms with Crippen LogP contribution >= 0.6 is 0 Å². The Bertz CT molecular complexity index is 401. The van der Waals surface area contributed by atoms with Crippen LogP contribution in [-0.4, -0.2) is 11.9 Å². The monoisotopic (exact) mass is 218 g/mol. The number of rotatable bonds is 1. The van der Waals surface area contributed by atoms with Crippen LogP contribution in [-0.2, 0) is 11.2 Å². The minimum atomic E-state index is -0.322. The zero-order valence-electron chi connectivity index (χ0n) is 10.1. The lowest BCUT2D eigenvalue weighted by molar-refractivity contribution is -0.134. The highest BCUT2D eigenvalue weighted by molar-refractivity contribution is 5.88. The number of benzene rings is 1. The molecule has 0 fully saturated rings. The predicted octanol–water partition coefficient (Wildman–Crippen LogP) is 3.00. The lowest BCUT2D eigenvalue weighted by Crippen LogP contribution is -2.38. The quantitative estimate of drug-likeness (QED) is 0.724. The lowest BCUT2D eigenvalue weighted by Gasteiger charge is -2.29. The molecule has 1 aromatic carbocycles. The Kier molecular flexibility index (Phi) is 2.75. The number of fused-ring (bicyclic) bond motifs is 1. The molecule has 0 bridgehead atoms. The zero-order valence-corrected chi connectivity index (χ0v) is 10.1. The van der Waals surface area contributed by atoms with Crippen molar-refractivity contribution < 1.29 is 9.53 Å². The largest absolute Gasteiger partial charge is 0.482 e. The maximum absolute atomic E-state index is 12.1. The van der Waals surface area contributed by atoms with Gasteiger partial charge in [0.15, 0.2) is 11.9 Å². The Morgan fingerprint density at radius 3 is 2.69 bits per heavy atom. The number of carbonyl (C=O) groups excluding carboxylic acids is 1. The SMILES string of the molecule is CC(C)(C)C(=O)C1CCc2ccccc2O1. The molecule has 1 atom stereocenters. The van der Waals surface area contributed by atoms with Gasteiger partial charge in [0.25, 0.3) is 0 Å². The number of ketones is 1. The van der Waals surface area contributed by atoms with Crippen LogP contribution in [0.25, 0.3) is 0 Å². The van der Waals surface area contributed by atoms with Crippen molar-refractivity contribution in [2.24, 2.45) is 5.41 Å². The number of ether oxygens (including phenoxy) is 1. The highest BCUT2D eigenvalue weighted by Crippen LogP contribution is 2.30. The molecule has 0 saturated carbocycles. The fourth-order valence-electron chi connectivity index (χ4n) is 1.99. The molecule has 0 N–H and O–H groups in total. The fourth-order valence-corrected chi connectivity index (χ4v) is 1.99. The van der Waals surface area contributed by atoms with Gasteiger partial charge in [0.05, 0.1) is 0 Å². The normalized spacial score (nSPS) is 19.8. The minimum Gasteiger partial charge on any atom is -0.482 e. The van der Waals surface area contributed by atoms with Crippen LogP contribution in [0.15, 0.2) is 24.3 Å². The standard InChI is InChI=1S/C14H18O2/c1-14(2,3)13(15)12-9-8-10-6-4-5-7-11(10)16-12/h4-7,12H,8-9H2,1-3H3. The van der Waals surface area contributed by atoms with Gasteiger partial charge in [0, 0.05) is 5.41 Å². The molecule has 2 rings (SSSR count). The van der Waals surface area contributed by atoms with Gasteiger partial charge in [-0.25, -0.2) is 0 Å². The first-order chi connectivity index (χ1) is 7.48. The number of hydrogen-bond acceptors (Lipinski definition) is 2. The lowest BCUT2D eigenvalue weighted by atomic mass is 9.85. The van der Waals surface area contributed by atoms with Crippen LogP contribution in [0.5, 0.6) is 5.75 Å². The van der Waals surface area contributed by atoms with E-state index in [1.165, 1.54) is 5.56 Å². The van der Waals surface area contributed by atoms with Gasteiger partial charge in [0.1, 0.15) is 5.75 Å². The van der Waals surface area contributed by atoms with Crippen LogP contribution in [0, 0.1) is 5.41 Å². The second-order valence-electron chi connectivity index (χ2n) is 5.37. The maximum atomic E-state index is 12.1. The molecule has 0 aromatic heterocycles. The summed E-state index contributed by atoms with van der Waals surface area (Å²) in [6.45, 7) is 5.83. The van der Waals surface area contributed by atoms with Gasteiger partial charge in [-0.15, -0.1) is 0 Å². The van der Waals surface area contributed by atoms with Crippen molar-refractivity contribution in [1.29, 1.82) is 0 Å². The van der Waals surface area contributed by atoms with E-state index >= 15 is 0 Å². The summed E-state index contributed by atoms with van der Waals surface area (Å²) in [7, 11) is 0. The highest BCUT2D eigenvalue weighted by atomic mass is 16.5. The first-order valence-corrected chi connectivity index (χ1v) is 5.77. The van der Waals surface area contributed by atoms with Crippen LogP contribution < -0.4 is 4.74 Å². The first-order valence-electron chi connectivity index (χ1n) is 5.77. The summed E-state index contributed by atoms with van der Waals surface area (Å²) in [6, 6.07) is 7.96. The molecule has 1 aliphatic rings. The summed E-state index contributed by atoms with van der Waals surface area (Å²) in [5, 5.41) is 0. The Hall–Kier alpha value is -1.31. The minimum absolute atomic E-state index is 0.196. The zero-order chi connectivity index (χ0) is 11.8. The average Bonchev–Trinajstić information content (AvgIpc) is 2.26. The van der Waals surface area contributed by atoms with Crippen LogP contribution in [0.1, 0.15) is 32.8 Å². The molecule has 1 unspecified atom stereocenters. The van der Waals surface area contributed by atoms with Crippen molar-refractivity contribution in [3.63, 3.8) is 0 Å². The highest BCUT2D eigenvalue weighted by Gasteiger charge is 2.33. The molecule has 86 valence electrons. The van der Waals surface area contributed by atoms with Crippen LogP contribution in [0.2, 0.25) is 0 Å². The Labute approximate surface area is 96.6 Å². The molecule has 0 aliphatic carbocycles. The second kappa shape index (κ2) is 3.93. The van der Waals surface area contributed by atoms with E-state index in [9.17, 15) is 4.79 Å². The van der Waals surface area contributed by atoms with Gasteiger partial charge >= 0.3 is 0 Å². The molecule has 2 nitrogen and oxygen atoms in total. The van der Waals surface area contributed by atoms with Crippen molar-refractivity contribution >= 4 is 5.78 Å². The molecule has 16 heavy (non-hydrogen) atoms. The van der Waals surface area contributed by atoms with E-state index in [1.54, 1.807) is 0 Å². The van der Waals surface area contributed by atoms with Crippen molar-refractivity contribution in [2.75, 3.05) is 0 Å². The van der Waals surface area contributed by atoms with E-state index in [0.717, 1.165) is 18.6 Å². The number of carbonyl (C=O) groups is 1. The first kappa shape index (κ1) is 11.2. The Morgan fingerprint density at radius 1 is 1.31 bits per heavy atom. The van der Waals surface area contributed by atoms with Gasteiger partial charge in [-0.05, 0) is 24.5 Å². The molecular weight excluding hydrogens is 200 g/mol. The summed E-state index contributed by atoms with van der Waals surface area (Å²) < 4.78 is 5.77. The second-order valence-corrected chi connectivity index (χ2v) is 5.37. The van der Waals surface area contributed by atoms with E-state index < -0.39 is 0 Å². The van der Waals surface area contributed by atoms with Crippen molar-refractivity contribution in [1.82, 2.24) is 0 Å². The smallest absolute Gasteiger partial charge is 0.178 e. The van der Waals surface area contributed by atoms with Gasteiger partial charge in [0.2, 0.25) is 0 Å². The summed E-state index contributed by atoms with van der Waals surface area (Å²) in [4.78, 5) is 12.1. The van der Waals surface area contributed by atoms with Gasteiger partial charge < -0.3 is 4.74 Å². The third-order valence-corrected chi connectivity index (χ3v) is 2.95. The maximum Gasteiger partial charge on any atom is 0.178 e. The third kappa shape index (κ3) is 2.11. The van der Waals surface area contributed by atoms with Crippen LogP contribution in [0.3, 0.4) is 0 Å². The van der Waals surface area contributed by atoms with Gasteiger partial charge in [-0.1, -0.05) is 39.0 Å². The molecule has 1 aromatic rings. The molecule has 0 amide bonds. The molecule has 0 radical (unpaired) electrons. The number of Topliss-reactive ketones (excluding diaryl/α,β-unsaturated/α-hetero) is 1. The van der Waals surface area contributed by atoms with Crippen molar-refractivity contribution in [3.05, 3.63) is 29.8 Å². The Morgan fingerprint density at radius 2 is 2.00 bits per heavy atom. The number of para-hydroxylation sites is 1. The fraction of sp³-hybridized carbons (Fsp3) is 0.500. The predicted molar refractivity (Wildman–Crippen MR) is 63.6 cm³/mol. The van der Waals surface area contributed by atoms with E-state index in [1.807, 2.05) is 39.0 Å². The summed E-state index contributed by atoms with van der Waals surface area (Å²) in [5.74, 6) is 1.07. The topological polar surface area (TPSA) is 26.3 Å². The van der Waals surface area contributed by atoms with E-state index in [0.29, 0.717) is 0 Å². The van der Waals surface area contributed by atoms with Gasteiger partial charge in [-0.2, -0.15) is 0 Å². The summed E-state index contributed by atoms with van der Waals surface area (Å²) >= 11 is 0. The van der Waals surface area contributed by atoms with Crippen molar-refractivity contribution in [3.8, 4) is 5.75 Å². The molecule has 1 heterocycles. The number of hydrogen-bond donors (Lipinski definition) is 0. The summed E-state index contributed by atoms with van der Waals surface area (Å²) in [5.41, 5.74) is 0.886. The summed E-state index contributed by atoms with van der Waals surface area (Å²) in [6.07, 6.45) is 1.46. The van der Waals surface area contributed by atoms with E-state index in [4.69, 9.17) is 4.74 Å². The molecule has 1 aliphatic heterocycles. The Balaban J connectivity index is 2.17. The molecule has 2 heteroatoms. The number of aryl methyl sites for hydroxylation is 1. The van der Waals surface area contributed by atoms with Crippen LogP contribution in [0.4, 0.5) is 0 Å². The van der Waals surface area contributed by atoms with Crippen molar-refractivity contribution in [2.45, 2.75) is 39.7 Å². The average molecular weight is 218 g/mol. The van der Waals surface area contributed by atoms with E-state index in [2.05, 4.69) is 6.07 Å². The molecule has 0 spiro atoms. The van der Waals surface area contributed by atoms with E-state index in [-0.39, 0.29) is 17.3 Å². The third-order valence-electron chi connectivity index (χ3n) is 2.95.